The quantitative estimate of drug-likeness (QED) is 0.811. The van der Waals surface area contributed by atoms with Crippen LogP contribution in [0.2, 0.25) is 0 Å². The van der Waals surface area contributed by atoms with Gasteiger partial charge in [0.15, 0.2) is 0 Å². The van der Waals surface area contributed by atoms with Crippen LogP contribution in [0.3, 0.4) is 0 Å². The van der Waals surface area contributed by atoms with Gasteiger partial charge in [-0.3, -0.25) is 4.79 Å². The van der Waals surface area contributed by atoms with Gasteiger partial charge in [-0.05, 0) is 26.0 Å². The third-order valence-corrected chi connectivity index (χ3v) is 3.22. The molecule has 1 aromatic carbocycles. The highest BCUT2D eigenvalue weighted by atomic mass is 16.5. The van der Waals surface area contributed by atoms with E-state index in [0.29, 0.717) is 28.3 Å². The molecule has 6 heteroatoms. The Bertz CT molecular complexity index is 671. The maximum absolute atomic E-state index is 12.6. The number of para-hydroxylation sites is 1. The number of aromatic nitrogens is 1. The van der Waals surface area contributed by atoms with Crippen LogP contribution >= 0.6 is 0 Å². The van der Waals surface area contributed by atoms with E-state index in [1.54, 1.807) is 45.2 Å². The van der Waals surface area contributed by atoms with E-state index in [4.69, 9.17) is 9.26 Å². The second kappa shape index (κ2) is 5.78. The minimum Gasteiger partial charge on any atom is -0.465 e. The van der Waals surface area contributed by atoms with Crippen LogP contribution in [-0.2, 0) is 4.74 Å². The zero-order valence-electron chi connectivity index (χ0n) is 12.3. The number of benzene rings is 1. The first-order chi connectivity index (χ1) is 9.97. The van der Waals surface area contributed by atoms with Gasteiger partial charge in [-0.25, -0.2) is 4.79 Å². The Kier molecular flexibility index (Phi) is 4.07. The molecule has 1 heterocycles. The van der Waals surface area contributed by atoms with E-state index in [1.165, 1.54) is 12.0 Å². The Hall–Kier alpha value is -2.63. The van der Waals surface area contributed by atoms with Gasteiger partial charge in [0.2, 0.25) is 0 Å². The zero-order valence-corrected chi connectivity index (χ0v) is 12.3. The molecular weight excluding hydrogens is 272 g/mol. The standard InChI is InChI=1S/C15H16N2O4/c1-9-13(10(2)21-16-9)14(18)17(3)12-8-6-5-7-11(12)15(19)20-4/h5-8H,1-4H3. The minimum atomic E-state index is -0.496. The maximum atomic E-state index is 12.6. The summed E-state index contributed by atoms with van der Waals surface area (Å²) >= 11 is 0. The lowest BCUT2D eigenvalue weighted by Crippen LogP contribution is -2.28. The van der Waals surface area contributed by atoms with Gasteiger partial charge in [0.05, 0.1) is 24.1 Å². The number of esters is 1. The zero-order chi connectivity index (χ0) is 15.6. The first-order valence-corrected chi connectivity index (χ1v) is 6.35. The Morgan fingerprint density at radius 1 is 1.24 bits per heavy atom. The number of hydrogen-bond acceptors (Lipinski definition) is 5. The maximum Gasteiger partial charge on any atom is 0.339 e. The van der Waals surface area contributed by atoms with Crippen LogP contribution in [0.25, 0.3) is 0 Å². The van der Waals surface area contributed by atoms with E-state index in [2.05, 4.69) is 5.16 Å². The van der Waals surface area contributed by atoms with E-state index in [0.717, 1.165) is 0 Å². The second-order valence-electron chi connectivity index (χ2n) is 4.57. The third-order valence-electron chi connectivity index (χ3n) is 3.22. The molecule has 0 aliphatic carbocycles. The molecule has 0 fully saturated rings. The Labute approximate surface area is 122 Å². The molecule has 1 amide bonds. The monoisotopic (exact) mass is 288 g/mol. The summed E-state index contributed by atoms with van der Waals surface area (Å²) in [6.45, 7) is 3.37. The fraction of sp³-hybridized carbons (Fsp3) is 0.267. The lowest BCUT2D eigenvalue weighted by Gasteiger charge is -2.19. The molecule has 0 aliphatic rings. The second-order valence-corrected chi connectivity index (χ2v) is 4.57. The number of hydrogen-bond donors (Lipinski definition) is 0. The molecular formula is C15H16N2O4. The highest BCUT2D eigenvalue weighted by Crippen LogP contribution is 2.23. The number of nitrogens with zero attached hydrogens (tertiary/aromatic N) is 2. The molecule has 2 rings (SSSR count). The Morgan fingerprint density at radius 3 is 2.48 bits per heavy atom. The highest BCUT2D eigenvalue weighted by Gasteiger charge is 2.24. The summed E-state index contributed by atoms with van der Waals surface area (Å²) in [6, 6.07) is 6.75. The van der Waals surface area contributed by atoms with Crippen LogP contribution in [0.5, 0.6) is 0 Å². The van der Waals surface area contributed by atoms with Crippen LogP contribution in [0.4, 0.5) is 5.69 Å². The van der Waals surface area contributed by atoms with Crippen LogP contribution in [0.1, 0.15) is 32.2 Å². The highest BCUT2D eigenvalue weighted by molar-refractivity contribution is 6.10. The van der Waals surface area contributed by atoms with Crippen molar-refractivity contribution < 1.29 is 18.8 Å². The molecule has 1 aromatic heterocycles. The number of amides is 1. The van der Waals surface area contributed by atoms with Crippen LogP contribution in [0.15, 0.2) is 28.8 Å². The summed E-state index contributed by atoms with van der Waals surface area (Å²) in [7, 11) is 2.89. The van der Waals surface area contributed by atoms with E-state index in [9.17, 15) is 9.59 Å². The van der Waals surface area contributed by atoms with Crippen molar-refractivity contribution in [3.05, 3.63) is 46.8 Å². The van der Waals surface area contributed by atoms with Crippen molar-refractivity contribution in [3.63, 3.8) is 0 Å². The lowest BCUT2D eigenvalue weighted by atomic mass is 10.1. The van der Waals surface area contributed by atoms with Gasteiger partial charge < -0.3 is 14.2 Å². The van der Waals surface area contributed by atoms with E-state index in [-0.39, 0.29) is 5.91 Å². The fourth-order valence-corrected chi connectivity index (χ4v) is 2.11. The van der Waals surface area contributed by atoms with Crippen molar-refractivity contribution >= 4 is 17.6 Å². The summed E-state index contributed by atoms with van der Waals surface area (Å²) in [6.07, 6.45) is 0. The van der Waals surface area contributed by atoms with Crippen molar-refractivity contribution in [2.75, 3.05) is 19.1 Å². The number of carbonyl (C=O) groups is 2. The first kappa shape index (κ1) is 14.8. The number of ether oxygens (including phenoxy) is 1. The van der Waals surface area contributed by atoms with Crippen LogP contribution in [0, 0.1) is 13.8 Å². The molecule has 0 aliphatic heterocycles. The summed E-state index contributed by atoms with van der Waals surface area (Å²) in [5.74, 6) is -0.341. The Balaban J connectivity index is 2.43. The first-order valence-electron chi connectivity index (χ1n) is 6.35. The van der Waals surface area contributed by atoms with Crippen LogP contribution in [-0.4, -0.2) is 31.2 Å². The van der Waals surface area contributed by atoms with Crippen molar-refractivity contribution in [2.45, 2.75) is 13.8 Å². The van der Waals surface area contributed by atoms with Gasteiger partial charge in [-0.2, -0.15) is 0 Å². The molecule has 110 valence electrons. The molecule has 0 unspecified atom stereocenters. The van der Waals surface area contributed by atoms with Crippen molar-refractivity contribution in [1.29, 1.82) is 0 Å². The fourth-order valence-electron chi connectivity index (χ4n) is 2.11. The van der Waals surface area contributed by atoms with Gasteiger partial charge in [0, 0.05) is 7.05 Å². The summed E-state index contributed by atoms with van der Waals surface area (Å²) < 4.78 is 9.75. The normalized spacial score (nSPS) is 10.3. The number of rotatable bonds is 3. The predicted molar refractivity (Wildman–Crippen MR) is 76.5 cm³/mol. The molecule has 21 heavy (non-hydrogen) atoms. The molecule has 0 N–H and O–H groups in total. The SMILES string of the molecule is COC(=O)c1ccccc1N(C)C(=O)c1c(C)noc1C. The molecule has 0 radical (unpaired) electrons. The topological polar surface area (TPSA) is 72.6 Å². The molecule has 6 nitrogen and oxygen atoms in total. The van der Waals surface area contributed by atoms with E-state index in [1.807, 2.05) is 0 Å². The average Bonchev–Trinajstić information content (AvgIpc) is 2.84. The van der Waals surface area contributed by atoms with Crippen LogP contribution < -0.4 is 4.90 Å². The van der Waals surface area contributed by atoms with E-state index < -0.39 is 5.97 Å². The Morgan fingerprint density at radius 2 is 1.90 bits per heavy atom. The number of methoxy groups -OCH3 is 1. The van der Waals surface area contributed by atoms with Gasteiger partial charge in [0.25, 0.3) is 5.91 Å². The number of anilines is 1. The average molecular weight is 288 g/mol. The predicted octanol–water partition coefficient (Wildman–Crippen LogP) is 2.35. The third kappa shape index (κ3) is 2.65. The molecule has 0 bridgehead atoms. The van der Waals surface area contributed by atoms with E-state index >= 15 is 0 Å². The number of carbonyl (C=O) groups excluding carboxylic acids is 2. The summed E-state index contributed by atoms with van der Waals surface area (Å²) in [5, 5.41) is 3.77. The molecule has 0 spiro atoms. The molecule has 0 atom stereocenters. The smallest absolute Gasteiger partial charge is 0.339 e. The van der Waals surface area contributed by atoms with Gasteiger partial charge in [-0.15, -0.1) is 0 Å². The van der Waals surface area contributed by atoms with Gasteiger partial charge in [0.1, 0.15) is 11.3 Å². The van der Waals surface area contributed by atoms with Crippen molar-refractivity contribution in [1.82, 2.24) is 5.16 Å². The van der Waals surface area contributed by atoms with Crippen molar-refractivity contribution in [2.24, 2.45) is 0 Å². The largest absolute Gasteiger partial charge is 0.465 e. The minimum absolute atomic E-state index is 0.289. The van der Waals surface area contributed by atoms with Gasteiger partial charge in [-0.1, -0.05) is 17.3 Å². The molecule has 0 saturated carbocycles. The summed E-state index contributed by atoms with van der Waals surface area (Å²) in [4.78, 5) is 25.8. The lowest BCUT2D eigenvalue weighted by molar-refractivity contribution is 0.0601. The molecule has 2 aromatic rings. The van der Waals surface area contributed by atoms with Crippen molar-refractivity contribution in [3.8, 4) is 0 Å². The molecule has 0 saturated heterocycles. The summed E-state index contributed by atoms with van der Waals surface area (Å²) in [5.41, 5.74) is 1.70. The number of aryl methyl sites for hydroxylation is 2. The van der Waals surface area contributed by atoms with Gasteiger partial charge >= 0.3 is 5.97 Å².